The molecule has 1 N–H and O–H groups in total. The molecule has 0 spiro atoms. The second kappa shape index (κ2) is 7.46. The van der Waals surface area contributed by atoms with E-state index in [4.69, 9.17) is 4.42 Å². The first-order chi connectivity index (χ1) is 16.0. The van der Waals surface area contributed by atoms with E-state index in [1.165, 1.54) is 5.56 Å². The highest BCUT2D eigenvalue weighted by molar-refractivity contribution is 6.50. The van der Waals surface area contributed by atoms with Crippen molar-refractivity contribution in [3.8, 4) is 0 Å². The van der Waals surface area contributed by atoms with Gasteiger partial charge in [0.1, 0.15) is 5.58 Å². The SMILES string of the molecule is CC(C)N1CCc2cccc3c(C4=C(c5cccc6ccoc56)C(=O)NC4=O)cn(c23)CC1. The molecule has 166 valence electrons. The molecular formula is C27H25N3O3. The molecule has 0 radical (unpaired) electrons. The lowest BCUT2D eigenvalue weighted by molar-refractivity contribution is -0.122. The number of fused-ring (bicyclic) bond motifs is 1. The highest BCUT2D eigenvalue weighted by Gasteiger charge is 2.35. The van der Waals surface area contributed by atoms with E-state index in [2.05, 4.69) is 46.8 Å². The van der Waals surface area contributed by atoms with E-state index in [0.29, 0.717) is 28.3 Å². The number of nitrogens with one attached hydrogen (secondary N) is 1. The number of para-hydroxylation sites is 2. The van der Waals surface area contributed by atoms with Gasteiger partial charge in [0.05, 0.1) is 22.9 Å². The van der Waals surface area contributed by atoms with E-state index in [0.717, 1.165) is 47.9 Å². The predicted molar refractivity (Wildman–Crippen MR) is 129 cm³/mol. The lowest BCUT2D eigenvalue weighted by atomic mass is 9.94. The van der Waals surface area contributed by atoms with Crippen LogP contribution in [-0.2, 0) is 22.6 Å². The zero-order chi connectivity index (χ0) is 22.7. The lowest BCUT2D eigenvalue weighted by Crippen LogP contribution is -2.36. The van der Waals surface area contributed by atoms with Crippen molar-refractivity contribution in [3.63, 3.8) is 0 Å². The van der Waals surface area contributed by atoms with Crippen LogP contribution >= 0.6 is 0 Å². The Morgan fingerprint density at radius 1 is 0.909 bits per heavy atom. The first-order valence-electron chi connectivity index (χ1n) is 11.4. The molecule has 0 atom stereocenters. The third-order valence-corrected chi connectivity index (χ3v) is 6.96. The van der Waals surface area contributed by atoms with Crippen LogP contribution in [-0.4, -0.2) is 40.4 Å². The van der Waals surface area contributed by atoms with Crippen molar-refractivity contribution in [1.29, 1.82) is 0 Å². The number of furan rings is 1. The summed E-state index contributed by atoms with van der Waals surface area (Å²) in [5, 5.41) is 4.44. The molecule has 6 heteroatoms. The molecule has 0 aliphatic carbocycles. The Kier molecular flexibility index (Phi) is 4.52. The minimum Gasteiger partial charge on any atom is -0.464 e. The van der Waals surface area contributed by atoms with E-state index < -0.39 is 0 Å². The van der Waals surface area contributed by atoms with Crippen molar-refractivity contribution >= 4 is 44.8 Å². The van der Waals surface area contributed by atoms with Crippen molar-refractivity contribution in [2.24, 2.45) is 0 Å². The van der Waals surface area contributed by atoms with Gasteiger partial charge in [-0.1, -0.05) is 36.4 Å². The Morgan fingerprint density at radius 2 is 1.70 bits per heavy atom. The molecule has 2 aromatic carbocycles. The summed E-state index contributed by atoms with van der Waals surface area (Å²) in [6.07, 6.45) is 4.60. The number of hydrogen-bond donors (Lipinski definition) is 1. The van der Waals surface area contributed by atoms with E-state index in [1.54, 1.807) is 6.26 Å². The van der Waals surface area contributed by atoms with Crippen LogP contribution in [0.5, 0.6) is 0 Å². The predicted octanol–water partition coefficient (Wildman–Crippen LogP) is 4.22. The van der Waals surface area contributed by atoms with Crippen molar-refractivity contribution in [2.75, 3.05) is 13.1 Å². The van der Waals surface area contributed by atoms with Crippen LogP contribution in [0, 0.1) is 0 Å². The number of hydrogen-bond acceptors (Lipinski definition) is 4. The van der Waals surface area contributed by atoms with Gasteiger partial charge in [0.2, 0.25) is 0 Å². The summed E-state index contributed by atoms with van der Waals surface area (Å²) >= 11 is 0. The number of rotatable bonds is 3. The fourth-order valence-electron chi connectivity index (χ4n) is 5.30. The summed E-state index contributed by atoms with van der Waals surface area (Å²) < 4.78 is 7.96. The van der Waals surface area contributed by atoms with Gasteiger partial charge in [-0.2, -0.15) is 0 Å². The molecule has 0 bridgehead atoms. The molecule has 33 heavy (non-hydrogen) atoms. The average Bonchev–Trinajstić information content (AvgIpc) is 3.47. The Morgan fingerprint density at radius 3 is 2.52 bits per heavy atom. The van der Waals surface area contributed by atoms with Crippen LogP contribution in [0.1, 0.15) is 30.5 Å². The molecular weight excluding hydrogens is 414 g/mol. The van der Waals surface area contributed by atoms with E-state index in [1.807, 2.05) is 30.5 Å². The number of carbonyl (C=O) groups is 2. The average molecular weight is 440 g/mol. The minimum atomic E-state index is -0.383. The van der Waals surface area contributed by atoms with Gasteiger partial charge in [0, 0.05) is 53.8 Å². The van der Waals surface area contributed by atoms with Gasteiger partial charge in [0.25, 0.3) is 11.8 Å². The van der Waals surface area contributed by atoms with Crippen LogP contribution in [0.25, 0.3) is 33.0 Å². The second-order valence-electron chi connectivity index (χ2n) is 9.11. The van der Waals surface area contributed by atoms with E-state index >= 15 is 0 Å². The molecule has 4 aromatic rings. The smallest absolute Gasteiger partial charge is 0.259 e. The molecule has 6 rings (SSSR count). The number of carbonyl (C=O) groups excluding carboxylic acids is 2. The van der Waals surface area contributed by atoms with Gasteiger partial charge >= 0.3 is 0 Å². The number of amides is 2. The zero-order valence-corrected chi connectivity index (χ0v) is 18.7. The molecule has 0 saturated heterocycles. The van der Waals surface area contributed by atoms with E-state index in [9.17, 15) is 9.59 Å². The van der Waals surface area contributed by atoms with Gasteiger partial charge in [0.15, 0.2) is 0 Å². The van der Waals surface area contributed by atoms with Crippen LogP contribution in [0.2, 0.25) is 0 Å². The van der Waals surface area contributed by atoms with Crippen molar-refractivity contribution < 1.29 is 14.0 Å². The second-order valence-corrected chi connectivity index (χ2v) is 9.11. The molecule has 2 aromatic heterocycles. The highest BCUT2D eigenvalue weighted by Crippen LogP contribution is 2.39. The highest BCUT2D eigenvalue weighted by atomic mass is 16.3. The van der Waals surface area contributed by atoms with Crippen LogP contribution < -0.4 is 5.32 Å². The maximum absolute atomic E-state index is 13.1. The van der Waals surface area contributed by atoms with Gasteiger partial charge in [-0.25, -0.2) is 0 Å². The van der Waals surface area contributed by atoms with Gasteiger partial charge in [-0.3, -0.25) is 19.8 Å². The monoisotopic (exact) mass is 439 g/mol. The maximum atomic E-state index is 13.1. The molecule has 0 fully saturated rings. The maximum Gasteiger partial charge on any atom is 0.259 e. The van der Waals surface area contributed by atoms with Gasteiger partial charge in [-0.15, -0.1) is 0 Å². The van der Waals surface area contributed by atoms with E-state index in [-0.39, 0.29) is 11.8 Å². The van der Waals surface area contributed by atoms with Gasteiger partial charge < -0.3 is 8.98 Å². The number of imide groups is 1. The summed E-state index contributed by atoms with van der Waals surface area (Å²) in [5.74, 6) is -0.743. The van der Waals surface area contributed by atoms with Crippen LogP contribution in [0.4, 0.5) is 0 Å². The Hall–Kier alpha value is -3.64. The summed E-state index contributed by atoms with van der Waals surface area (Å²) in [6.45, 7) is 7.23. The molecule has 0 unspecified atom stereocenters. The summed E-state index contributed by atoms with van der Waals surface area (Å²) in [7, 11) is 0. The molecule has 2 aliphatic rings. The molecule has 6 nitrogen and oxygen atoms in total. The lowest BCUT2D eigenvalue weighted by Gasteiger charge is -2.29. The van der Waals surface area contributed by atoms with Crippen LogP contribution in [0.3, 0.4) is 0 Å². The normalized spacial score (nSPS) is 17.3. The molecule has 2 amide bonds. The Balaban J connectivity index is 1.60. The molecule has 0 saturated carbocycles. The first-order valence-corrected chi connectivity index (χ1v) is 11.4. The zero-order valence-electron chi connectivity index (χ0n) is 18.7. The fourth-order valence-corrected chi connectivity index (χ4v) is 5.30. The van der Waals surface area contributed by atoms with Gasteiger partial charge in [-0.05, 0) is 31.9 Å². The van der Waals surface area contributed by atoms with Crippen molar-refractivity contribution in [1.82, 2.24) is 14.8 Å². The number of nitrogens with zero attached hydrogens (tertiary/aromatic N) is 2. The standard InChI is InChI=1S/C27H25N3O3/c1-16(2)29-11-9-17-5-3-7-19-21(15-30(13-12-29)24(17)19)23-22(26(31)28-27(23)32)20-8-4-6-18-10-14-33-25(18)20/h3-8,10,14-16H,9,11-13H2,1-2H3,(H,28,31,32). The van der Waals surface area contributed by atoms with Crippen molar-refractivity contribution in [2.45, 2.75) is 32.9 Å². The quantitative estimate of drug-likeness (QED) is 0.486. The van der Waals surface area contributed by atoms with Crippen molar-refractivity contribution in [3.05, 3.63) is 71.6 Å². The largest absolute Gasteiger partial charge is 0.464 e. The number of benzene rings is 2. The summed E-state index contributed by atoms with van der Waals surface area (Å²) in [6, 6.07) is 14.3. The van der Waals surface area contributed by atoms with Crippen LogP contribution in [0.15, 0.2) is 59.3 Å². The third-order valence-electron chi connectivity index (χ3n) is 6.96. The Labute approximate surface area is 191 Å². The minimum absolute atomic E-state index is 0.360. The topological polar surface area (TPSA) is 67.5 Å². The summed E-state index contributed by atoms with van der Waals surface area (Å²) in [4.78, 5) is 28.6. The molecule has 2 aliphatic heterocycles. The number of aromatic nitrogens is 1. The fraction of sp³-hybridized carbons (Fsp3) is 0.259. The Bertz CT molecular complexity index is 1470. The molecule has 4 heterocycles. The first kappa shape index (κ1) is 20.0. The summed E-state index contributed by atoms with van der Waals surface area (Å²) in [5.41, 5.74) is 5.28. The third kappa shape index (κ3) is 3.05.